The van der Waals surface area contributed by atoms with Crippen LogP contribution in [0.3, 0.4) is 0 Å². The van der Waals surface area contributed by atoms with Crippen molar-refractivity contribution in [1.82, 2.24) is 4.72 Å². The van der Waals surface area contributed by atoms with Crippen LogP contribution in [-0.4, -0.2) is 28.2 Å². The molecule has 0 fully saturated rings. The van der Waals surface area contributed by atoms with Crippen LogP contribution in [-0.2, 0) is 21.3 Å². The highest BCUT2D eigenvalue weighted by molar-refractivity contribution is 7.91. The molecule has 0 atom stereocenters. The van der Waals surface area contributed by atoms with Crippen LogP contribution in [0.25, 0.3) is 0 Å². The standard InChI is InChI=1S/C12H22N2O3S2/c1-2-3-8-17-9-4-7-14-19(15,16)12-6-5-11(10-13)18-12/h5-6,14H,2-4,7-10,13H2,1H3. The zero-order valence-electron chi connectivity index (χ0n) is 11.2. The summed E-state index contributed by atoms with van der Waals surface area (Å²) in [6.45, 7) is 4.19. The Kier molecular flexibility index (Phi) is 7.55. The van der Waals surface area contributed by atoms with Crippen molar-refractivity contribution in [1.29, 1.82) is 0 Å². The summed E-state index contributed by atoms with van der Waals surface area (Å²) in [5, 5.41) is 0. The van der Waals surface area contributed by atoms with Gasteiger partial charge in [0.15, 0.2) is 0 Å². The van der Waals surface area contributed by atoms with Crippen molar-refractivity contribution in [3.8, 4) is 0 Å². The van der Waals surface area contributed by atoms with Gasteiger partial charge in [0.1, 0.15) is 4.21 Å². The lowest BCUT2D eigenvalue weighted by Crippen LogP contribution is -2.24. The van der Waals surface area contributed by atoms with E-state index >= 15 is 0 Å². The normalized spacial score (nSPS) is 11.9. The maximum atomic E-state index is 11.9. The Morgan fingerprint density at radius 2 is 2.05 bits per heavy atom. The number of hydrogen-bond donors (Lipinski definition) is 2. The second-order valence-electron chi connectivity index (χ2n) is 4.14. The summed E-state index contributed by atoms with van der Waals surface area (Å²) < 4.78 is 32.1. The summed E-state index contributed by atoms with van der Waals surface area (Å²) >= 11 is 1.21. The van der Waals surface area contributed by atoms with E-state index in [0.717, 1.165) is 24.3 Å². The molecular weight excluding hydrogens is 284 g/mol. The number of hydrogen-bond acceptors (Lipinski definition) is 5. The van der Waals surface area contributed by atoms with Gasteiger partial charge >= 0.3 is 0 Å². The fraction of sp³-hybridized carbons (Fsp3) is 0.667. The number of unbranched alkanes of at least 4 members (excludes halogenated alkanes) is 1. The van der Waals surface area contributed by atoms with Crippen LogP contribution in [0.4, 0.5) is 0 Å². The lowest BCUT2D eigenvalue weighted by Gasteiger charge is -2.05. The monoisotopic (exact) mass is 306 g/mol. The molecule has 1 aromatic rings. The lowest BCUT2D eigenvalue weighted by molar-refractivity contribution is 0.130. The first-order valence-corrected chi connectivity index (χ1v) is 8.76. The summed E-state index contributed by atoms with van der Waals surface area (Å²) in [6, 6.07) is 3.33. The van der Waals surface area contributed by atoms with Crippen LogP contribution < -0.4 is 10.5 Å². The second-order valence-corrected chi connectivity index (χ2v) is 7.30. The third-order valence-electron chi connectivity index (χ3n) is 2.50. The molecule has 3 N–H and O–H groups in total. The smallest absolute Gasteiger partial charge is 0.250 e. The molecule has 0 radical (unpaired) electrons. The molecule has 0 aliphatic heterocycles. The van der Waals surface area contributed by atoms with E-state index in [2.05, 4.69) is 11.6 Å². The maximum Gasteiger partial charge on any atom is 0.250 e. The first-order chi connectivity index (χ1) is 9.10. The van der Waals surface area contributed by atoms with Crippen molar-refractivity contribution in [2.24, 2.45) is 5.73 Å². The molecule has 0 saturated carbocycles. The average molecular weight is 306 g/mol. The van der Waals surface area contributed by atoms with Crippen molar-refractivity contribution in [2.45, 2.75) is 36.9 Å². The van der Waals surface area contributed by atoms with E-state index < -0.39 is 10.0 Å². The molecule has 1 aromatic heterocycles. The minimum Gasteiger partial charge on any atom is -0.381 e. The van der Waals surface area contributed by atoms with Crippen LogP contribution in [0.1, 0.15) is 31.1 Å². The molecule has 0 aliphatic rings. The highest BCUT2D eigenvalue weighted by Gasteiger charge is 2.15. The van der Waals surface area contributed by atoms with E-state index in [4.69, 9.17) is 10.5 Å². The highest BCUT2D eigenvalue weighted by atomic mass is 32.2. The van der Waals surface area contributed by atoms with Gasteiger partial charge in [-0.15, -0.1) is 11.3 Å². The van der Waals surface area contributed by atoms with Gasteiger partial charge < -0.3 is 10.5 Å². The van der Waals surface area contributed by atoms with Crippen LogP contribution >= 0.6 is 11.3 Å². The van der Waals surface area contributed by atoms with Crippen molar-refractivity contribution in [3.05, 3.63) is 17.0 Å². The Morgan fingerprint density at radius 3 is 2.68 bits per heavy atom. The Balaban J connectivity index is 2.27. The minimum absolute atomic E-state index is 0.319. The molecule has 5 nitrogen and oxygen atoms in total. The van der Waals surface area contributed by atoms with Gasteiger partial charge in [-0.05, 0) is 25.0 Å². The van der Waals surface area contributed by atoms with Crippen LogP contribution in [0.5, 0.6) is 0 Å². The Bertz CT molecular complexity index is 457. The van der Waals surface area contributed by atoms with Gasteiger partial charge in [0.2, 0.25) is 10.0 Å². The van der Waals surface area contributed by atoms with Crippen molar-refractivity contribution in [2.75, 3.05) is 19.8 Å². The Morgan fingerprint density at radius 1 is 1.32 bits per heavy atom. The van der Waals surface area contributed by atoms with E-state index in [1.54, 1.807) is 12.1 Å². The number of nitrogens with one attached hydrogen (secondary N) is 1. The molecule has 0 amide bonds. The zero-order chi connectivity index (χ0) is 14.1. The molecule has 0 bridgehead atoms. The van der Waals surface area contributed by atoms with E-state index in [-0.39, 0.29) is 0 Å². The van der Waals surface area contributed by atoms with Gasteiger partial charge in [-0.25, -0.2) is 13.1 Å². The minimum atomic E-state index is -3.39. The van der Waals surface area contributed by atoms with E-state index in [9.17, 15) is 8.42 Å². The zero-order valence-corrected chi connectivity index (χ0v) is 12.9. The number of nitrogens with two attached hydrogens (primary N) is 1. The predicted octanol–water partition coefficient (Wildman–Crippen LogP) is 1.69. The molecule has 0 aromatic carbocycles. The van der Waals surface area contributed by atoms with Gasteiger partial charge in [0.25, 0.3) is 0 Å². The van der Waals surface area contributed by atoms with Crippen LogP contribution in [0.2, 0.25) is 0 Å². The summed E-state index contributed by atoms with van der Waals surface area (Å²) in [4.78, 5) is 0.864. The summed E-state index contributed by atoms with van der Waals surface area (Å²) in [5.41, 5.74) is 5.46. The van der Waals surface area contributed by atoms with Gasteiger partial charge in [-0.2, -0.15) is 0 Å². The third kappa shape index (κ3) is 6.01. The van der Waals surface area contributed by atoms with Gasteiger partial charge in [-0.3, -0.25) is 0 Å². The summed E-state index contributed by atoms with van der Waals surface area (Å²) in [5.74, 6) is 0. The Labute approximate surface area is 119 Å². The van der Waals surface area contributed by atoms with E-state index in [1.807, 2.05) is 0 Å². The van der Waals surface area contributed by atoms with Crippen molar-refractivity contribution >= 4 is 21.4 Å². The van der Waals surface area contributed by atoms with Gasteiger partial charge in [0, 0.05) is 31.2 Å². The molecule has 1 rings (SSSR count). The number of thiophene rings is 1. The average Bonchev–Trinajstić information content (AvgIpc) is 2.87. The first-order valence-electron chi connectivity index (χ1n) is 6.46. The molecule has 110 valence electrons. The largest absolute Gasteiger partial charge is 0.381 e. The molecule has 1 heterocycles. The predicted molar refractivity (Wildman–Crippen MR) is 77.7 cm³/mol. The summed E-state index contributed by atoms with van der Waals surface area (Å²) in [7, 11) is -3.39. The molecule has 0 unspecified atom stereocenters. The maximum absolute atomic E-state index is 11.9. The lowest BCUT2D eigenvalue weighted by atomic mass is 10.4. The first kappa shape index (κ1) is 16.6. The fourth-order valence-corrected chi connectivity index (χ4v) is 3.77. The number of sulfonamides is 1. The van der Waals surface area contributed by atoms with E-state index in [0.29, 0.717) is 30.3 Å². The number of ether oxygens (including phenoxy) is 1. The molecule has 0 aliphatic carbocycles. The van der Waals surface area contributed by atoms with Crippen molar-refractivity contribution < 1.29 is 13.2 Å². The van der Waals surface area contributed by atoms with E-state index in [1.165, 1.54) is 11.3 Å². The molecule has 0 spiro atoms. The third-order valence-corrected chi connectivity index (χ3v) is 5.56. The SMILES string of the molecule is CCCCOCCCNS(=O)(=O)c1ccc(CN)s1. The second kappa shape index (κ2) is 8.65. The van der Waals surface area contributed by atoms with Crippen LogP contribution in [0.15, 0.2) is 16.3 Å². The molecular formula is C12H22N2O3S2. The Hall–Kier alpha value is -0.470. The van der Waals surface area contributed by atoms with Gasteiger partial charge in [0.05, 0.1) is 0 Å². The van der Waals surface area contributed by atoms with Crippen LogP contribution in [0, 0.1) is 0 Å². The van der Waals surface area contributed by atoms with Gasteiger partial charge in [-0.1, -0.05) is 13.3 Å². The topological polar surface area (TPSA) is 81.4 Å². The molecule has 0 saturated heterocycles. The fourth-order valence-electron chi connectivity index (χ4n) is 1.41. The molecule has 19 heavy (non-hydrogen) atoms. The number of rotatable bonds is 10. The van der Waals surface area contributed by atoms with Crippen molar-refractivity contribution in [3.63, 3.8) is 0 Å². The molecule has 7 heteroatoms. The quantitative estimate of drug-likeness (QED) is 0.645. The highest BCUT2D eigenvalue weighted by Crippen LogP contribution is 2.20. The summed E-state index contributed by atoms with van der Waals surface area (Å²) in [6.07, 6.45) is 2.83.